The highest BCUT2D eigenvalue weighted by molar-refractivity contribution is 5.38. The fourth-order valence-corrected chi connectivity index (χ4v) is 1.62. The average Bonchev–Trinajstić information content (AvgIpc) is 2.27. The van der Waals surface area contributed by atoms with Gasteiger partial charge in [0.15, 0.2) is 0 Å². The fourth-order valence-electron chi connectivity index (χ4n) is 1.62. The molecule has 0 aliphatic heterocycles. The van der Waals surface area contributed by atoms with Crippen LogP contribution in [-0.4, -0.2) is 29.9 Å². The van der Waals surface area contributed by atoms with E-state index in [-0.39, 0.29) is 5.54 Å². The molecule has 3 nitrogen and oxygen atoms in total. The first-order valence-electron chi connectivity index (χ1n) is 6.51. The molecule has 0 aliphatic rings. The molecule has 1 aromatic rings. The molecule has 0 amide bonds. The summed E-state index contributed by atoms with van der Waals surface area (Å²) in [5.41, 5.74) is 2.49. The van der Waals surface area contributed by atoms with Crippen molar-refractivity contribution in [3.8, 4) is 5.75 Å². The van der Waals surface area contributed by atoms with E-state index >= 15 is 0 Å². The van der Waals surface area contributed by atoms with Gasteiger partial charge in [-0.1, -0.05) is 12.1 Å². The summed E-state index contributed by atoms with van der Waals surface area (Å²) < 4.78 is 5.67. The van der Waals surface area contributed by atoms with Gasteiger partial charge in [-0.2, -0.15) is 0 Å². The summed E-state index contributed by atoms with van der Waals surface area (Å²) in [6.07, 6.45) is -0.441. The van der Waals surface area contributed by atoms with Crippen molar-refractivity contribution in [3.05, 3.63) is 29.3 Å². The highest BCUT2D eigenvalue weighted by Gasteiger charge is 2.16. The second-order valence-corrected chi connectivity index (χ2v) is 5.97. The standard InChI is InChI=1S/C15H25NO2/c1-11-7-6-8-14(12(11)2)18-10-13(17)9-16-15(3,4)5/h6-8,13,16-17H,9-10H2,1-5H3/p+1/t13-/m0/s1. The Morgan fingerprint density at radius 1 is 1.28 bits per heavy atom. The van der Waals surface area contributed by atoms with E-state index in [9.17, 15) is 5.11 Å². The molecule has 1 aromatic carbocycles. The van der Waals surface area contributed by atoms with E-state index in [2.05, 4.69) is 39.1 Å². The van der Waals surface area contributed by atoms with Crippen molar-refractivity contribution >= 4 is 0 Å². The maximum Gasteiger partial charge on any atom is 0.137 e. The number of aliphatic hydroxyl groups is 1. The van der Waals surface area contributed by atoms with Crippen molar-refractivity contribution < 1.29 is 15.2 Å². The van der Waals surface area contributed by atoms with Crippen LogP contribution < -0.4 is 10.1 Å². The van der Waals surface area contributed by atoms with Crippen LogP contribution in [0.15, 0.2) is 18.2 Å². The molecule has 0 radical (unpaired) electrons. The molecule has 0 saturated carbocycles. The van der Waals surface area contributed by atoms with Crippen molar-refractivity contribution in [3.63, 3.8) is 0 Å². The van der Waals surface area contributed by atoms with Gasteiger partial charge in [-0.25, -0.2) is 0 Å². The maximum atomic E-state index is 9.88. The summed E-state index contributed by atoms with van der Waals surface area (Å²) in [6, 6.07) is 5.99. The van der Waals surface area contributed by atoms with Gasteiger partial charge < -0.3 is 15.2 Å². The minimum Gasteiger partial charge on any atom is -0.490 e. The Hall–Kier alpha value is -1.06. The number of hydrogen-bond donors (Lipinski definition) is 2. The second-order valence-electron chi connectivity index (χ2n) is 5.97. The molecule has 0 aromatic heterocycles. The third-order valence-corrected chi connectivity index (χ3v) is 2.99. The Morgan fingerprint density at radius 2 is 1.94 bits per heavy atom. The van der Waals surface area contributed by atoms with Crippen LogP contribution in [0.25, 0.3) is 0 Å². The largest absolute Gasteiger partial charge is 0.490 e. The first kappa shape index (κ1) is 15.0. The normalized spacial score (nSPS) is 13.4. The first-order valence-corrected chi connectivity index (χ1v) is 6.51. The van der Waals surface area contributed by atoms with Crippen molar-refractivity contribution in [1.29, 1.82) is 0 Å². The highest BCUT2D eigenvalue weighted by atomic mass is 16.5. The summed E-state index contributed by atoms with van der Waals surface area (Å²) in [5, 5.41) is 12.0. The van der Waals surface area contributed by atoms with E-state index < -0.39 is 6.10 Å². The fraction of sp³-hybridized carbons (Fsp3) is 0.600. The van der Waals surface area contributed by atoms with Gasteiger partial charge in [0.2, 0.25) is 0 Å². The van der Waals surface area contributed by atoms with Crippen LogP contribution in [0.4, 0.5) is 0 Å². The molecule has 0 bridgehead atoms. The topological polar surface area (TPSA) is 46.1 Å². The van der Waals surface area contributed by atoms with Crippen molar-refractivity contribution in [2.45, 2.75) is 46.3 Å². The van der Waals surface area contributed by atoms with Crippen LogP contribution in [-0.2, 0) is 0 Å². The molecule has 0 spiro atoms. The van der Waals surface area contributed by atoms with Gasteiger partial charge in [-0.3, -0.25) is 0 Å². The van der Waals surface area contributed by atoms with Crippen LogP contribution in [0.2, 0.25) is 0 Å². The Bertz CT molecular complexity index is 383. The van der Waals surface area contributed by atoms with Gasteiger partial charge in [-0.15, -0.1) is 0 Å². The SMILES string of the molecule is Cc1cccc(OC[C@@H](O)C[NH2+]C(C)(C)C)c1C. The van der Waals surface area contributed by atoms with Crippen LogP contribution in [0.5, 0.6) is 5.75 Å². The quantitative estimate of drug-likeness (QED) is 0.832. The molecule has 0 aliphatic carbocycles. The molecule has 0 saturated heterocycles. The van der Waals surface area contributed by atoms with E-state index in [1.54, 1.807) is 0 Å². The third-order valence-electron chi connectivity index (χ3n) is 2.99. The van der Waals surface area contributed by atoms with Crippen LogP contribution >= 0.6 is 0 Å². The van der Waals surface area contributed by atoms with Gasteiger partial charge in [-0.05, 0) is 51.8 Å². The highest BCUT2D eigenvalue weighted by Crippen LogP contribution is 2.20. The minimum absolute atomic E-state index is 0.139. The lowest BCUT2D eigenvalue weighted by Gasteiger charge is -2.20. The molecule has 0 heterocycles. The molecule has 102 valence electrons. The zero-order valence-corrected chi connectivity index (χ0v) is 12.2. The van der Waals surface area contributed by atoms with Gasteiger partial charge in [0, 0.05) is 0 Å². The first-order chi connectivity index (χ1) is 8.29. The average molecular weight is 252 g/mol. The van der Waals surface area contributed by atoms with Gasteiger partial charge in [0.25, 0.3) is 0 Å². The van der Waals surface area contributed by atoms with Crippen molar-refractivity contribution in [2.24, 2.45) is 0 Å². The smallest absolute Gasteiger partial charge is 0.137 e. The summed E-state index contributed by atoms with van der Waals surface area (Å²) >= 11 is 0. The van der Waals surface area contributed by atoms with E-state index in [1.165, 1.54) is 5.56 Å². The Labute approximate surface area is 110 Å². The number of aryl methyl sites for hydroxylation is 1. The van der Waals surface area contributed by atoms with E-state index in [0.29, 0.717) is 13.2 Å². The lowest BCUT2D eigenvalue weighted by Crippen LogP contribution is -2.96. The molecule has 1 atom stereocenters. The Balaban J connectivity index is 2.43. The van der Waals surface area contributed by atoms with Crippen molar-refractivity contribution in [2.75, 3.05) is 13.2 Å². The van der Waals surface area contributed by atoms with Crippen LogP contribution in [0.3, 0.4) is 0 Å². The van der Waals surface area contributed by atoms with Gasteiger partial charge in [0.05, 0.1) is 5.54 Å². The van der Waals surface area contributed by atoms with Crippen molar-refractivity contribution in [1.82, 2.24) is 0 Å². The minimum atomic E-state index is -0.441. The van der Waals surface area contributed by atoms with Gasteiger partial charge in [0.1, 0.15) is 25.0 Å². The molecule has 0 fully saturated rings. The second kappa shape index (κ2) is 6.21. The number of aliphatic hydroxyl groups excluding tert-OH is 1. The molecular formula is C15H26NO2+. The number of ether oxygens (including phenoxy) is 1. The molecule has 3 heteroatoms. The maximum absolute atomic E-state index is 9.88. The molecule has 1 rings (SSSR count). The summed E-state index contributed by atoms with van der Waals surface area (Å²) in [4.78, 5) is 0. The monoisotopic (exact) mass is 252 g/mol. The number of hydrogen-bond acceptors (Lipinski definition) is 2. The Morgan fingerprint density at radius 3 is 2.56 bits per heavy atom. The number of benzene rings is 1. The summed E-state index contributed by atoms with van der Waals surface area (Å²) in [6.45, 7) is 11.5. The zero-order valence-electron chi connectivity index (χ0n) is 12.2. The predicted molar refractivity (Wildman–Crippen MR) is 74.0 cm³/mol. The van der Waals surface area contributed by atoms with E-state index in [4.69, 9.17) is 4.74 Å². The molecule has 3 N–H and O–H groups in total. The predicted octanol–water partition coefficient (Wildman–Crippen LogP) is 1.41. The zero-order chi connectivity index (χ0) is 13.8. The molecule has 0 unspecified atom stereocenters. The van der Waals surface area contributed by atoms with Gasteiger partial charge >= 0.3 is 0 Å². The lowest BCUT2D eigenvalue weighted by atomic mass is 10.1. The number of quaternary nitrogens is 1. The van der Waals surface area contributed by atoms with Crippen LogP contribution in [0, 0.1) is 13.8 Å². The third kappa shape index (κ3) is 5.07. The molecular weight excluding hydrogens is 226 g/mol. The Kier molecular flexibility index (Phi) is 5.17. The van der Waals surface area contributed by atoms with E-state index in [1.807, 2.05) is 19.1 Å². The van der Waals surface area contributed by atoms with Crippen LogP contribution in [0.1, 0.15) is 31.9 Å². The van der Waals surface area contributed by atoms with E-state index in [0.717, 1.165) is 11.3 Å². The number of rotatable bonds is 5. The lowest BCUT2D eigenvalue weighted by molar-refractivity contribution is -0.722. The summed E-state index contributed by atoms with van der Waals surface area (Å²) in [7, 11) is 0. The summed E-state index contributed by atoms with van der Waals surface area (Å²) in [5.74, 6) is 0.866. The number of nitrogens with two attached hydrogens (primary N) is 1. The molecule has 18 heavy (non-hydrogen) atoms.